The summed E-state index contributed by atoms with van der Waals surface area (Å²) < 4.78 is 40.5. The lowest BCUT2D eigenvalue weighted by Crippen LogP contribution is -2.56. The summed E-state index contributed by atoms with van der Waals surface area (Å²) in [6, 6.07) is 10.7. The summed E-state index contributed by atoms with van der Waals surface area (Å²) in [4.78, 5) is 30.2. The third-order valence-corrected chi connectivity index (χ3v) is 10.1. The zero-order chi connectivity index (χ0) is 34.2. The number of nitrogens with zero attached hydrogens (tertiary/aromatic N) is 7. The second kappa shape index (κ2) is 13.8. The normalized spacial score (nSPS) is 22.3. The van der Waals surface area contributed by atoms with Gasteiger partial charge in [-0.1, -0.05) is 36.4 Å². The topological polar surface area (TPSA) is 98.1 Å². The maximum absolute atomic E-state index is 14.6. The van der Waals surface area contributed by atoms with Crippen LogP contribution in [0.1, 0.15) is 30.5 Å². The molecular formula is C35H40ClF2N7O3. The summed E-state index contributed by atoms with van der Waals surface area (Å²) >= 11 is 6.51. The molecule has 1 amide bonds. The molecule has 10 nitrogen and oxygen atoms in total. The van der Waals surface area contributed by atoms with E-state index in [2.05, 4.69) is 22.4 Å². The summed E-state index contributed by atoms with van der Waals surface area (Å²) in [5.74, 6) is -1.65. The second-order valence-electron chi connectivity index (χ2n) is 13.3. The first-order valence-corrected chi connectivity index (χ1v) is 16.5. The van der Waals surface area contributed by atoms with Crippen LogP contribution in [0.3, 0.4) is 0 Å². The minimum atomic E-state index is -1.05. The molecule has 13 heteroatoms. The molecule has 1 aliphatic carbocycles. The number of anilines is 2. The first-order valence-electron chi connectivity index (χ1n) is 16.1. The van der Waals surface area contributed by atoms with E-state index in [1.165, 1.54) is 11.0 Å². The molecular weight excluding hydrogens is 640 g/mol. The standard InChI is InChI=1S/C35H40ClF2N7O3/c1-22(37)33(46)45-15-14-44(18-24(45)10-12-39)32-26-11-13-43(29-7-5-6-23-8-9-27(38)31(36)30(23)29)19-28(26)40-34(41-32)48-21-35(20-42(2)3)16-25(17-35)47-4/h5-9,24-25H,1,10-11,13-21H2,2-4H3/t24-,25?,35?/m0/s1. The van der Waals surface area contributed by atoms with Gasteiger partial charge in [-0.3, -0.25) is 4.79 Å². The number of carbonyl (C=O) groups is 1. The summed E-state index contributed by atoms with van der Waals surface area (Å²) in [6.07, 6.45) is 2.51. The van der Waals surface area contributed by atoms with Gasteiger partial charge in [0.1, 0.15) is 11.6 Å². The minimum absolute atomic E-state index is 0.0338. The number of fused-ring (bicyclic) bond motifs is 2. The maximum Gasteiger partial charge on any atom is 0.318 e. The largest absolute Gasteiger partial charge is 0.463 e. The van der Waals surface area contributed by atoms with Gasteiger partial charge in [-0.2, -0.15) is 15.2 Å². The van der Waals surface area contributed by atoms with Crippen LogP contribution in [0.2, 0.25) is 5.02 Å². The Hall–Kier alpha value is -4.05. The molecule has 2 fully saturated rings. The number of benzene rings is 2. The van der Waals surface area contributed by atoms with Crippen LogP contribution < -0.4 is 14.5 Å². The van der Waals surface area contributed by atoms with Crippen molar-refractivity contribution in [2.45, 2.75) is 44.4 Å². The molecule has 0 bridgehead atoms. The molecule has 254 valence electrons. The van der Waals surface area contributed by atoms with Gasteiger partial charge in [0.05, 0.1) is 48.5 Å². The highest BCUT2D eigenvalue weighted by Gasteiger charge is 2.46. The number of rotatable bonds is 10. The summed E-state index contributed by atoms with van der Waals surface area (Å²) in [7, 11) is 5.80. The Labute approximate surface area is 284 Å². The summed E-state index contributed by atoms with van der Waals surface area (Å²) in [5.41, 5.74) is 2.40. The number of piperazine rings is 1. The van der Waals surface area contributed by atoms with Crippen molar-refractivity contribution in [3.05, 3.63) is 64.8 Å². The fourth-order valence-corrected chi connectivity index (χ4v) is 7.75. The van der Waals surface area contributed by atoms with Crippen LogP contribution in [0.5, 0.6) is 6.01 Å². The predicted octanol–water partition coefficient (Wildman–Crippen LogP) is 5.13. The maximum atomic E-state index is 14.6. The Morgan fingerprint density at radius 3 is 2.69 bits per heavy atom. The van der Waals surface area contributed by atoms with Crippen molar-refractivity contribution in [3.63, 3.8) is 0 Å². The molecule has 1 saturated heterocycles. The van der Waals surface area contributed by atoms with E-state index in [4.69, 9.17) is 31.0 Å². The molecule has 0 N–H and O–H groups in total. The fourth-order valence-electron chi connectivity index (χ4n) is 7.48. The summed E-state index contributed by atoms with van der Waals surface area (Å²) in [5, 5.41) is 11.1. The molecule has 0 unspecified atom stereocenters. The van der Waals surface area contributed by atoms with Crippen LogP contribution in [0, 0.1) is 22.6 Å². The zero-order valence-corrected chi connectivity index (χ0v) is 28.3. The Bertz CT molecular complexity index is 1760. The van der Waals surface area contributed by atoms with Gasteiger partial charge in [0, 0.05) is 61.9 Å². The number of hydrogen-bond acceptors (Lipinski definition) is 9. The minimum Gasteiger partial charge on any atom is -0.463 e. The van der Waals surface area contributed by atoms with E-state index in [9.17, 15) is 18.8 Å². The Morgan fingerprint density at radius 2 is 1.98 bits per heavy atom. The van der Waals surface area contributed by atoms with E-state index >= 15 is 0 Å². The number of ether oxygens (including phenoxy) is 2. The predicted molar refractivity (Wildman–Crippen MR) is 180 cm³/mol. The Balaban J connectivity index is 1.35. The Morgan fingerprint density at radius 1 is 1.19 bits per heavy atom. The molecule has 0 radical (unpaired) electrons. The van der Waals surface area contributed by atoms with Crippen LogP contribution in [0.4, 0.5) is 20.3 Å². The molecule has 1 aromatic heterocycles. The quantitative estimate of drug-likeness (QED) is 0.270. The van der Waals surface area contributed by atoms with Crippen LogP contribution in [-0.4, -0.2) is 98.4 Å². The lowest BCUT2D eigenvalue weighted by atomic mass is 9.67. The number of methoxy groups -OCH3 is 1. The van der Waals surface area contributed by atoms with Crippen molar-refractivity contribution < 1.29 is 23.0 Å². The monoisotopic (exact) mass is 679 g/mol. The lowest BCUT2D eigenvalue weighted by molar-refractivity contribution is -0.131. The second-order valence-corrected chi connectivity index (χ2v) is 13.7. The van der Waals surface area contributed by atoms with E-state index in [1.807, 2.05) is 37.2 Å². The van der Waals surface area contributed by atoms with Gasteiger partial charge in [0.15, 0.2) is 5.83 Å². The lowest BCUT2D eigenvalue weighted by Gasteiger charge is -2.47. The average molecular weight is 680 g/mol. The number of nitriles is 1. The number of halogens is 3. The smallest absolute Gasteiger partial charge is 0.318 e. The number of hydrogen-bond donors (Lipinski definition) is 0. The highest BCUT2D eigenvalue weighted by atomic mass is 35.5. The van der Waals surface area contributed by atoms with E-state index in [1.54, 1.807) is 13.2 Å². The molecule has 3 aromatic rings. The van der Waals surface area contributed by atoms with Crippen molar-refractivity contribution in [1.82, 2.24) is 19.8 Å². The van der Waals surface area contributed by atoms with Crippen molar-refractivity contribution >= 4 is 39.8 Å². The van der Waals surface area contributed by atoms with Gasteiger partial charge in [-0.25, -0.2) is 8.78 Å². The third kappa shape index (κ3) is 6.64. The van der Waals surface area contributed by atoms with E-state index in [0.29, 0.717) is 43.9 Å². The SMILES string of the molecule is C=C(F)C(=O)N1CCN(c2nc(OCC3(CN(C)C)CC(OC)C3)nc3c2CCN(c2cccc4ccc(F)c(Cl)c24)C3)C[C@@H]1CC#N. The Kier molecular flexibility index (Phi) is 9.74. The molecule has 1 saturated carbocycles. The van der Waals surface area contributed by atoms with Crippen LogP contribution >= 0.6 is 11.6 Å². The van der Waals surface area contributed by atoms with Gasteiger partial charge in [0.25, 0.3) is 5.91 Å². The van der Waals surface area contributed by atoms with Gasteiger partial charge >= 0.3 is 6.01 Å². The molecule has 3 aliphatic rings. The van der Waals surface area contributed by atoms with Crippen molar-refractivity contribution in [1.29, 1.82) is 5.26 Å². The zero-order valence-electron chi connectivity index (χ0n) is 27.5. The number of carbonyl (C=O) groups excluding carboxylic acids is 1. The molecule has 3 heterocycles. The summed E-state index contributed by atoms with van der Waals surface area (Å²) in [6.45, 7) is 6.29. The van der Waals surface area contributed by atoms with E-state index in [0.717, 1.165) is 41.7 Å². The van der Waals surface area contributed by atoms with Crippen LogP contribution in [-0.2, 0) is 22.5 Å². The van der Waals surface area contributed by atoms with Crippen LogP contribution in [0.25, 0.3) is 10.8 Å². The van der Waals surface area contributed by atoms with E-state index < -0.39 is 23.6 Å². The highest BCUT2D eigenvalue weighted by molar-refractivity contribution is 6.36. The molecule has 48 heavy (non-hydrogen) atoms. The van der Waals surface area contributed by atoms with Gasteiger partial charge in [0.2, 0.25) is 0 Å². The molecule has 0 spiro atoms. The first kappa shape index (κ1) is 33.8. The van der Waals surface area contributed by atoms with Crippen molar-refractivity contribution in [2.24, 2.45) is 5.41 Å². The van der Waals surface area contributed by atoms with Crippen molar-refractivity contribution in [2.75, 3.05) is 70.3 Å². The molecule has 6 rings (SSSR count). The van der Waals surface area contributed by atoms with Gasteiger partial charge in [-0.15, -0.1) is 0 Å². The van der Waals surface area contributed by atoms with Gasteiger partial charge < -0.3 is 29.1 Å². The van der Waals surface area contributed by atoms with Crippen molar-refractivity contribution in [3.8, 4) is 12.1 Å². The third-order valence-electron chi connectivity index (χ3n) is 9.69. The molecule has 2 aromatic carbocycles. The van der Waals surface area contributed by atoms with Gasteiger partial charge in [-0.05, 0) is 50.9 Å². The molecule has 1 atom stereocenters. The first-order chi connectivity index (χ1) is 23.0. The average Bonchev–Trinajstić information content (AvgIpc) is 3.06. The number of amides is 1. The fraction of sp³-hybridized carbons (Fsp3) is 0.486. The highest BCUT2D eigenvalue weighted by Crippen LogP contribution is 2.44. The molecule has 2 aliphatic heterocycles. The van der Waals surface area contributed by atoms with Crippen LogP contribution in [0.15, 0.2) is 42.7 Å². The number of aromatic nitrogens is 2. The van der Waals surface area contributed by atoms with E-state index in [-0.39, 0.29) is 42.1 Å².